The van der Waals surface area contributed by atoms with E-state index < -0.39 is 18.4 Å². The number of esters is 2. The second kappa shape index (κ2) is 70.2. The van der Waals surface area contributed by atoms with Gasteiger partial charge in [0.05, 0.1) is 34.4 Å². The molecule has 518 valence electrons. The highest BCUT2D eigenvalue weighted by atomic mass is 16.7. The third kappa shape index (κ3) is 71.6. The van der Waals surface area contributed by atoms with Gasteiger partial charge in [-0.15, -0.1) is 0 Å². The number of hydrogen-bond acceptors (Lipinski definition) is 7. The number of aliphatic carboxylic acids is 1. The van der Waals surface area contributed by atoms with Crippen molar-refractivity contribution < 1.29 is 42.9 Å². The summed E-state index contributed by atoms with van der Waals surface area (Å²) in [5.74, 6) is -1.96. The highest BCUT2D eigenvalue weighted by molar-refractivity contribution is 5.71. The lowest BCUT2D eigenvalue weighted by atomic mass is 10.0. The largest absolute Gasteiger partial charge is 0.477 e. The van der Waals surface area contributed by atoms with Gasteiger partial charge in [0.1, 0.15) is 13.2 Å². The van der Waals surface area contributed by atoms with Crippen molar-refractivity contribution in [1.82, 2.24) is 0 Å². The number of likely N-dealkylation sites (N-methyl/N-ethyl adjacent to an activating group) is 1. The molecule has 0 saturated carbocycles. The van der Waals surface area contributed by atoms with E-state index in [0.717, 1.165) is 38.5 Å². The number of carboxylic acids is 1. The quantitative estimate of drug-likeness (QED) is 0.0278. The van der Waals surface area contributed by atoms with Crippen LogP contribution in [0.4, 0.5) is 0 Å². The Hall–Kier alpha value is -1.71. The molecule has 0 aromatic heterocycles. The molecule has 2 unspecified atom stereocenters. The smallest absolute Gasteiger partial charge is 0.361 e. The Morgan fingerprint density at radius 1 is 0.299 bits per heavy atom. The minimum Gasteiger partial charge on any atom is -0.477 e. The summed E-state index contributed by atoms with van der Waals surface area (Å²) >= 11 is 0. The SMILES string of the molecule is CCCCCCCCCCCCCCCCCCCCCCCCCCCCCCCCCCCCCCCCCCC(=O)OC(COC(=O)CCCCCCCCCCCCCCCCCCCCCCCC)COC(OCC[N+](C)(C)C)C(=O)O. The Balaban J connectivity index is 3.90. The molecule has 9 nitrogen and oxygen atoms in total. The molecule has 0 aromatic carbocycles. The van der Waals surface area contributed by atoms with Gasteiger partial charge in [-0.3, -0.25) is 9.59 Å². The summed E-state index contributed by atoms with van der Waals surface area (Å²) in [5, 5.41) is 9.76. The van der Waals surface area contributed by atoms with E-state index in [1.54, 1.807) is 0 Å². The molecule has 0 radical (unpaired) electrons. The van der Waals surface area contributed by atoms with E-state index in [9.17, 15) is 19.5 Å². The standard InChI is InChI=1S/C78H153NO8/c1-6-8-10-12-14-16-18-20-22-24-26-28-30-31-32-33-34-35-36-37-38-39-40-41-42-43-44-45-46-47-49-51-53-55-57-59-61-63-65-67-69-76(81)87-74(73-86-78(77(82)83)84-71-70-79(3,4)5)72-85-75(80)68-66-64-62-60-58-56-54-52-50-48-29-27-25-23-21-19-17-15-13-11-9-7-2/h74,78H,6-73H2,1-5H3/p+1. The minimum atomic E-state index is -1.50. The van der Waals surface area contributed by atoms with Crippen molar-refractivity contribution in [2.45, 2.75) is 437 Å². The average molecular weight is 1230 g/mol. The van der Waals surface area contributed by atoms with Crippen molar-refractivity contribution in [3.63, 3.8) is 0 Å². The number of carboxylic acid groups (broad SMARTS) is 1. The molecule has 0 spiro atoms. The van der Waals surface area contributed by atoms with Gasteiger partial charge in [0.25, 0.3) is 6.29 Å². The zero-order chi connectivity index (χ0) is 63.3. The van der Waals surface area contributed by atoms with Crippen LogP contribution in [0, 0.1) is 0 Å². The van der Waals surface area contributed by atoms with Crippen LogP contribution in [0.1, 0.15) is 425 Å². The summed E-state index contributed by atoms with van der Waals surface area (Å²) in [5.41, 5.74) is 0. The molecule has 9 heteroatoms. The average Bonchev–Trinajstić information content (AvgIpc) is 3.56. The normalized spacial score (nSPS) is 12.5. The van der Waals surface area contributed by atoms with Crippen LogP contribution in [-0.4, -0.2) is 87.4 Å². The van der Waals surface area contributed by atoms with Crippen molar-refractivity contribution in [2.75, 3.05) is 47.5 Å². The van der Waals surface area contributed by atoms with Gasteiger partial charge in [-0.05, 0) is 12.8 Å². The third-order valence-corrected chi connectivity index (χ3v) is 18.4. The highest BCUT2D eigenvalue weighted by Crippen LogP contribution is 2.21. The van der Waals surface area contributed by atoms with E-state index in [4.69, 9.17) is 18.9 Å². The Kier molecular flexibility index (Phi) is 68.8. The molecule has 0 aliphatic carbocycles. The monoisotopic (exact) mass is 1230 g/mol. The first-order valence-electron chi connectivity index (χ1n) is 39.2. The van der Waals surface area contributed by atoms with Crippen LogP contribution >= 0.6 is 0 Å². The van der Waals surface area contributed by atoms with Crippen LogP contribution in [0.3, 0.4) is 0 Å². The lowest BCUT2D eigenvalue weighted by Crippen LogP contribution is -2.40. The summed E-state index contributed by atoms with van der Waals surface area (Å²) < 4.78 is 23.0. The van der Waals surface area contributed by atoms with Crippen molar-refractivity contribution in [3.05, 3.63) is 0 Å². The van der Waals surface area contributed by atoms with Crippen LogP contribution in [-0.2, 0) is 33.3 Å². The van der Waals surface area contributed by atoms with Gasteiger partial charge in [-0.25, -0.2) is 4.79 Å². The first kappa shape index (κ1) is 85.3. The molecule has 0 amide bonds. The molecule has 0 bridgehead atoms. The van der Waals surface area contributed by atoms with E-state index in [0.29, 0.717) is 17.4 Å². The Labute approximate surface area is 543 Å². The molecule has 1 N–H and O–H groups in total. The molecule has 0 rings (SSSR count). The summed E-state index contributed by atoms with van der Waals surface area (Å²) in [6, 6.07) is 0. The zero-order valence-corrected chi connectivity index (χ0v) is 59.5. The highest BCUT2D eigenvalue weighted by Gasteiger charge is 2.25. The number of quaternary nitrogens is 1. The molecular formula is C78H154NO8+. The van der Waals surface area contributed by atoms with E-state index in [1.165, 1.54) is 360 Å². The predicted octanol–water partition coefficient (Wildman–Crippen LogP) is 24.6. The van der Waals surface area contributed by atoms with Crippen molar-refractivity contribution in [1.29, 1.82) is 0 Å². The number of hydrogen-bond donors (Lipinski definition) is 1. The topological polar surface area (TPSA) is 108 Å². The molecule has 87 heavy (non-hydrogen) atoms. The molecule has 0 aliphatic heterocycles. The molecule has 0 aliphatic rings. The van der Waals surface area contributed by atoms with E-state index in [-0.39, 0.29) is 38.2 Å². The summed E-state index contributed by atoms with van der Waals surface area (Å²) in [6.45, 7) is 4.98. The fourth-order valence-electron chi connectivity index (χ4n) is 12.4. The second-order valence-electron chi connectivity index (χ2n) is 28.4. The molecule has 2 atom stereocenters. The summed E-state index contributed by atoms with van der Waals surface area (Å²) in [6.07, 6.45) is 82.7. The number of rotatable bonds is 75. The van der Waals surface area contributed by atoms with Crippen LogP contribution < -0.4 is 0 Å². The third-order valence-electron chi connectivity index (χ3n) is 18.4. The first-order chi connectivity index (χ1) is 42.6. The van der Waals surface area contributed by atoms with Gasteiger partial charge in [-0.2, -0.15) is 0 Å². The zero-order valence-electron chi connectivity index (χ0n) is 59.5. The molecule has 0 fully saturated rings. The lowest BCUT2D eigenvalue weighted by Gasteiger charge is -2.25. The molecular weight excluding hydrogens is 1080 g/mol. The van der Waals surface area contributed by atoms with E-state index in [1.807, 2.05) is 21.1 Å². The number of unbranched alkanes of at least 4 members (excludes halogenated alkanes) is 60. The van der Waals surface area contributed by atoms with Crippen LogP contribution in [0.2, 0.25) is 0 Å². The van der Waals surface area contributed by atoms with E-state index in [2.05, 4.69) is 13.8 Å². The van der Waals surface area contributed by atoms with Crippen molar-refractivity contribution >= 4 is 17.9 Å². The summed E-state index contributed by atoms with van der Waals surface area (Å²) in [4.78, 5) is 37.7. The molecule has 0 aromatic rings. The molecule has 0 heterocycles. The summed E-state index contributed by atoms with van der Waals surface area (Å²) in [7, 11) is 6.00. The Morgan fingerprint density at radius 3 is 0.736 bits per heavy atom. The second-order valence-corrected chi connectivity index (χ2v) is 28.4. The van der Waals surface area contributed by atoms with Crippen LogP contribution in [0.15, 0.2) is 0 Å². The number of ether oxygens (including phenoxy) is 4. The van der Waals surface area contributed by atoms with Crippen molar-refractivity contribution in [2.24, 2.45) is 0 Å². The van der Waals surface area contributed by atoms with Gasteiger partial charge in [0.15, 0.2) is 6.10 Å². The van der Waals surface area contributed by atoms with Gasteiger partial charge in [0.2, 0.25) is 0 Å². The van der Waals surface area contributed by atoms with Gasteiger partial charge < -0.3 is 28.5 Å². The fraction of sp³-hybridized carbons (Fsp3) is 0.962. The van der Waals surface area contributed by atoms with Crippen molar-refractivity contribution in [3.8, 4) is 0 Å². The molecule has 0 saturated heterocycles. The Bertz CT molecular complexity index is 1390. The maximum absolute atomic E-state index is 13.0. The van der Waals surface area contributed by atoms with Gasteiger partial charge in [0, 0.05) is 12.8 Å². The maximum atomic E-state index is 13.0. The van der Waals surface area contributed by atoms with Crippen LogP contribution in [0.5, 0.6) is 0 Å². The number of carbonyl (C=O) groups excluding carboxylic acids is 2. The van der Waals surface area contributed by atoms with Gasteiger partial charge in [-0.1, -0.05) is 399 Å². The van der Waals surface area contributed by atoms with Gasteiger partial charge >= 0.3 is 17.9 Å². The minimum absolute atomic E-state index is 0.172. The van der Waals surface area contributed by atoms with E-state index >= 15 is 0 Å². The maximum Gasteiger partial charge on any atom is 0.361 e. The Morgan fingerprint density at radius 2 is 0.517 bits per heavy atom. The van der Waals surface area contributed by atoms with Crippen LogP contribution in [0.25, 0.3) is 0 Å². The predicted molar refractivity (Wildman–Crippen MR) is 374 cm³/mol. The number of nitrogens with zero attached hydrogens (tertiary/aromatic N) is 1. The fourth-order valence-corrected chi connectivity index (χ4v) is 12.4. The number of carbonyl (C=O) groups is 3. The lowest BCUT2D eigenvalue weighted by molar-refractivity contribution is -0.870. The first-order valence-corrected chi connectivity index (χ1v) is 39.2.